The molecular formula is C25H24Cl2F3N3O5. The monoisotopic (exact) mass is 573 g/mol. The second kappa shape index (κ2) is 11.0. The molecule has 0 bridgehead atoms. The van der Waals surface area contributed by atoms with Gasteiger partial charge < -0.3 is 24.0 Å². The average molecular weight is 574 g/mol. The lowest BCUT2D eigenvalue weighted by atomic mass is 9.93. The number of esters is 1. The largest absolute Gasteiger partial charge is 0.573 e. The molecule has 3 aromatic rings. The molecule has 8 nitrogen and oxygen atoms in total. The van der Waals surface area contributed by atoms with Crippen LogP contribution in [0.4, 0.5) is 13.2 Å². The Kier molecular flexibility index (Phi) is 8.10. The van der Waals surface area contributed by atoms with Crippen LogP contribution in [0.3, 0.4) is 0 Å². The SMILES string of the molecule is COC(=O)CC1CCN(C(=O)c2ncc(Cl)c(C(O)c3cc4ccc(OC(F)(F)F)cc4n3C)c2Cl)CC1. The van der Waals surface area contributed by atoms with E-state index in [1.165, 1.54) is 36.1 Å². The number of ether oxygens (including phenoxy) is 2. The van der Waals surface area contributed by atoms with Gasteiger partial charge >= 0.3 is 12.3 Å². The highest BCUT2D eigenvalue weighted by Gasteiger charge is 2.32. The van der Waals surface area contributed by atoms with Crippen LogP contribution in [0, 0.1) is 5.92 Å². The summed E-state index contributed by atoms with van der Waals surface area (Å²) in [5.41, 5.74) is 0.607. The molecular weight excluding hydrogens is 550 g/mol. The molecule has 1 atom stereocenters. The Hall–Kier alpha value is -3.02. The van der Waals surface area contributed by atoms with Crippen molar-refractivity contribution < 1.29 is 37.3 Å². The molecule has 1 unspecified atom stereocenters. The molecule has 2 aromatic heterocycles. The van der Waals surface area contributed by atoms with Crippen LogP contribution in [0.5, 0.6) is 5.75 Å². The molecule has 1 aromatic carbocycles. The molecule has 4 rings (SSSR count). The van der Waals surface area contributed by atoms with Crippen molar-refractivity contribution in [2.24, 2.45) is 13.0 Å². The van der Waals surface area contributed by atoms with Crippen molar-refractivity contribution >= 4 is 46.0 Å². The van der Waals surface area contributed by atoms with E-state index in [9.17, 15) is 27.9 Å². The molecule has 1 N–H and O–H groups in total. The topological polar surface area (TPSA) is 93.9 Å². The van der Waals surface area contributed by atoms with Crippen LogP contribution in [0.15, 0.2) is 30.5 Å². The number of hydrogen-bond donors (Lipinski definition) is 1. The number of methoxy groups -OCH3 is 1. The van der Waals surface area contributed by atoms with Gasteiger partial charge in [-0.3, -0.25) is 9.59 Å². The summed E-state index contributed by atoms with van der Waals surface area (Å²) in [6, 6.07) is 5.39. The first-order chi connectivity index (χ1) is 17.9. The van der Waals surface area contributed by atoms with Crippen molar-refractivity contribution in [2.75, 3.05) is 20.2 Å². The predicted molar refractivity (Wildman–Crippen MR) is 133 cm³/mol. The number of halogens is 5. The number of benzene rings is 1. The van der Waals surface area contributed by atoms with Crippen LogP contribution >= 0.6 is 23.2 Å². The third-order valence-corrected chi connectivity index (χ3v) is 7.32. The number of aliphatic hydroxyl groups is 1. The molecule has 1 aliphatic rings. The molecule has 0 spiro atoms. The highest BCUT2D eigenvalue weighted by atomic mass is 35.5. The minimum Gasteiger partial charge on any atom is -0.469 e. The molecule has 204 valence electrons. The van der Waals surface area contributed by atoms with E-state index in [-0.39, 0.29) is 45.3 Å². The number of pyridine rings is 1. The van der Waals surface area contributed by atoms with E-state index >= 15 is 0 Å². The van der Waals surface area contributed by atoms with Gasteiger partial charge in [0.25, 0.3) is 5.91 Å². The average Bonchev–Trinajstić information content (AvgIpc) is 3.19. The second-order valence-electron chi connectivity index (χ2n) is 9.00. The second-order valence-corrected chi connectivity index (χ2v) is 9.78. The molecule has 1 aliphatic heterocycles. The molecule has 1 amide bonds. The quantitative estimate of drug-likeness (QED) is 0.403. The number of piperidine rings is 1. The fraction of sp³-hybridized carbons (Fsp3) is 0.400. The molecule has 0 aliphatic carbocycles. The van der Waals surface area contributed by atoms with E-state index < -0.39 is 24.1 Å². The zero-order valence-corrected chi connectivity index (χ0v) is 21.9. The van der Waals surface area contributed by atoms with Gasteiger partial charge in [0.2, 0.25) is 0 Å². The maximum atomic E-state index is 13.2. The first-order valence-electron chi connectivity index (χ1n) is 11.6. The fourth-order valence-corrected chi connectivity index (χ4v) is 5.26. The maximum Gasteiger partial charge on any atom is 0.573 e. The number of aryl methyl sites for hydroxylation is 1. The highest BCUT2D eigenvalue weighted by Crippen LogP contribution is 2.38. The Balaban J connectivity index is 1.60. The number of rotatable bonds is 6. The van der Waals surface area contributed by atoms with E-state index in [4.69, 9.17) is 27.9 Å². The number of carbonyl (C=O) groups is 2. The van der Waals surface area contributed by atoms with Crippen LogP contribution in [0.25, 0.3) is 10.9 Å². The van der Waals surface area contributed by atoms with Crippen LogP contribution in [0.1, 0.15) is 47.1 Å². The molecule has 0 saturated carbocycles. The third kappa shape index (κ3) is 5.84. The summed E-state index contributed by atoms with van der Waals surface area (Å²) in [5, 5.41) is 11.7. The number of alkyl halides is 3. The number of carbonyl (C=O) groups excluding carboxylic acids is 2. The minimum atomic E-state index is -4.85. The predicted octanol–water partition coefficient (Wildman–Crippen LogP) is 5.28. The van der Waals surface area contributed by atoms with Gasteiger partial charge in [0.1, 0.15) is 17.5 Å². The van der Waals surface area contributed by atoms with Gasteiger partial charge in [-0.05, 0) is 37.0 Å². The first-order valence-corrected chi connectivity index (χ1v) is 12.4. The van der Waals surface area contributed by atoms with E-state index in [0.29, 0.717) is 36.8 Å². The number of likely N-dealkylation sites (tertiary alicyclic amines) is 1. The van der Waals surface area contributed by atoms with Gasteiger partial charge in [-0.15, -0.1) is 13.2 Å². The summed E-state index contributed by atoms with van der Waals surface area (Å²) >= 11 is 12.9. The summed E-state index contributed by atoms with van der Waals surface area (Å²) in [7, 11) is 2.89. The smallest absolute Gasteiger partial charge is 0.469 e. The van der Waals surface area contributed by atoms with Gasteiger partial charge in [0, 0.05) is 49.8 Å². The third-order valence-electron chi connectivity index (χ3n) is 6.64. The standard InChI is InChI=1S/C25H24Cl2F3N3O5/c1-32-17-11-15(38-25(28,29)30)4-3-14(17)10-18(32)23(35)20-16(26)12-31-22(21(20)27)24(36)33-7-5-13(6-8-33)9-19(34)37-2/h3-4,10-13,23,35H,5-9H2,1-2H3. The number of aliphatic hydroxyl groups excluding tert-OH is 1. The van der Waals surface area contributed by atoms with Crippen LogP contribution in [-0.2, 0) is 16.6 Å². The number of fused-ring (bicyclic) bond motifs is 1. The normalized spacial score (nSPS) is 15.5. The molecule has 3 heterocycles. The molecule has 0 radical (unpaired) electrons. The minimum absolute atomic E-state index is 0.0159. The lowest BCUT2D eigenvalue weighted by molar-refractivity contribution is -0.274. The first kappa shape index (κ1) is 28.0. The van der Waals surface area contributed by atoms with E-state index in [1.54, 1.807) is 18.0 Å². The van der Waals surface area contributed by atoms with Gasteiger partial charge in [0.15, 0.2) is 0 Å². The Labute approximate surface area is 225 Å². The maximum absolute atomic E-state index is 13.2. The fourth-order valence-electron chi connectivity index (χ4n) is 4.63. The van der Waals surface area contributed by atoms with E-state index in [2.05, 4.69) is 9.72 Å². The van der Waals surface area contributed by atoms with Crippen molar-refractivity contribution in [1.29, 1.82) is 0 Å². The van der Waals surface area contributed by atoms with Crippen molar-refractivity contribution in [3.05, 3.63) is 57.5 Å². The highest BCUT2D eigenvalue weighted by molar-refractivity contribution is 6.37. The Morgan fingerprint density at radius 3 is 2.53 bits per heavy atom. The summed E-state index contributed by atoms with van der Waals surface area (Å²) in [5.74, 6) is -1.04. The van der Waals surface area contributed by atoms with Crippen LogP contribution < -0.4 is 4.74 Å². The van der Waals surface area contributed by atoms with E-state index in [0.717, 1.165) is 0 Å². The van der Waals surface area contributed by atoms with E-state index in [1.807, 2.05) is 0 Å². The lowest BCUT2D eigenvalue weighted by Crippen LogP contribution is -2.39. The van der Waals surface area contributed by atoms with Crippen molar-refractivity contribution in [2.45, 2.75) is 31.7 Å². The Morgan fingerprint density at radius 2 is 1.89 bits per heavy atom. The lowest BCUT2D eigenvalue weighted by Gasteiger charge is -2.31. The number of hydrogen-bond acceptors (Lipinski definition) is 6. The zero-order valence-electron chi connectivity index (χ0n) is 20.4. The summed E-state index contributed by atoms with van der Waals surface area (Å²) in [6.45, 7) is 0.787. The summed E-state index contributed by atoms with van der Waals surface area (Å²) in [6.07, 6.45) is -3.54. The summed E-state index contributed by atoms with van der Waals surface area (Å²) in [4.78, 5) is 30.5. The van der Waals surface area contributed by atoms with Crippen LogP contribution in [0.2, 0.25) is 10.0 Å². The van der Waals surface area contributed by atoms with Crippen molar-refractivity contribution in [3.8, 4) is 5.75 Å². The Bertz CT molecular complexity index is 1370. The van der Waals surface area contributed by atoms with Crippen LogP contribution in [-0.4, -0.2) is 58.0 Å². The number of amides is 1. The van der Waals surface area contributed by atoms with Gasteiger partial charge in [-0.1, -0.05) is 23.2 Å². The molecule has 13 heteroatoms. The Morgan fingerprint density at radius 1 is 1.21 bits per heavy atom. The number of nitrogens with zero attached hydrogens (tertiary/aromatic N) is 3. The van der Waals surface area contributed by atoms with Gasteiger partial charge in [-0.25, -0.2) is 4.98 Å². The molecule has 1 saturated heterocycles. The van der Waals surface area contributed by atoms with Gasteiger partial charge in [-0.2, -0.15) is 0 Å². The van der Waals surface area contributed by atoms with Crippen molar-refractivity contribution in [3.63, 3.8) is 0 Å². The zero-order chi connectivity index (χ0) is 27.8. The number of aromatic nitrogens is 2. The summed E-state index contributed by atoms with van der Waals surface area (Å²) < 4.78 is 48.2. The van der Waals surface area contributed by atoms with Crippen molar-refractivity contribution in [1.82, 2.24) is 14.5 Å². The molecule has 38 heavy (non-hydrogen) atoms. The molecule has 1 fully saturated rings. The van der Waals surface area contributed by atoms with Gasteiger partial charge in [0.05, 0.1) is 28.4 Å².